The van der Waals surface area contributed by atoms with Gasteiger partial charge >= 0.3 is 0 Å². The van der Waals surface area contributed by atoms with Crippen molar-refractivity contribution in [3.8, 4) is 6.07 Å². The van der Waals surface area contributed by atoms with E-state index in [2.05, 4.69) is 30.0 Å². The molecule has 0 aromatic heterocycles. The van der Waals surface area contributed by atoms with Gasteiger partial charge in [-0.05, 0) is 18.2 Å². The van der Waals surface area contributed by atoms with Crippen LogP contribution in [0, 0.1) is 11.3 Å². The Hall–Kier alpha value is -1.82. The Morgan fingerprint density at radius 3 is 2.35 bits per heavy atom. The van der Waals surface area contributed by atoms with Gasteiger partial charge in [-0.15, -0.1) is 0 Å². The van der Waals surface area contributed by atoms with Crippen LogP contribution in [0.15, 0.2) is 54.6 Å². The molecule has 2 nitrogen and oxygen atoms in total. The number of nitrogens with zero attached hydrogens (tertiary/aromatic N) is 2. The molecule has 1 atom stereocenters. The minimum Gasteiger partial charge on any atom is -0.280 e. The lowest BCUT2D eigenvalue weighted by atomic mass is 10.1. The van der Waals surface area contributed by atoms with Gasteiger partial charge < -0.3 is 0 Å². The largest absolute Gasteiger partial charge is 0.280 e. The van der Waals surface area contributed by atoms with Gasteiger partial charge in [-0.2, -0.15) is 5.26 Å². The molecule has 0 spiro atoms. The molecule has 0 aliphatic rings. The predicted octanol–water partition coefficient (Wildman–Crippen LogP) is 4.43. The summed E-state index contributed by atoms with van der Waals surface area (Å²) in [4.78, 5) is 2.12. The molecule has 0 N–H and O–H groups in total. The SMILES string of the molecule is CCN(Cc1ccccc1)C(C#N)c1ccccc1Cl. The molecule has 3 heteroatoms. The molecule has 1 unspecified atom stereocenters. The fourth-order valence-electron chi connectivity index (χ4n) is 2.25. The lowest BCUT2D eigenvalue weighted by molar-refractivity contribution is 0.240. The van der Waals surface area contributed by atoms with E-state index >= 15 is 0 Å². The molecule has 20 heavy (non-hydrogen) atoms. The van der Waals surface area contributed by atoms with Crippen LogP contribution >= 0.6 is 11.6 Å². The molecule has 102 valence electrons. The predicted molar refractivity (Wildman–Crippen MR) is 82.3 cm³/mol. The highest BCUT2D eigenvalue weighted by atomic mass is 35.5. The first-order valence-corrected chi connectivity index (χ1v) is 7.06. The van der Waals surface area contributed by atoms with Crippen LogP contribution in [-0.4, -0.2) is 11.4 Å². The standard InChI is InChI=1S/C17H17ClN2/c1-2-20(13-14-8-4-3-5-9-14)17(12-19)15-10-6-7-11-16(15)18/h3-11,17H,2,13H2,1H3. The number of hydrogen-bond acceptors (Lipinski definition) is 2. The highest BCUT2D eigenvalue weighted by Gasteiger charge is 2.20. The second-order valence-corrected chi connectivity index (χ2v) is 5.01. The molecule has 0 fully saturated rings. The number of halogens is 1. The summed E-state index contributed by atoms with van der Waals surface area (Å²) in [5.74, 6) is 0. The van der Waals surface area contributed by atoms with Crippen LogP contribution in [-0.2, 0) is 6.54 Å². The summed E-state index contributed by atoms with van der Waals surface area (Å²) < 4.78 is 0. The van der Waals surface area contributed by atoms with Crippen molar-refractivity contribution in [3.63, 3.8) is 0 Å². The summed E-state index contributed by atoms with van der Waals surface area (Å²) in [5, 5.41) is 10.2. The average molecular weight is 285 g/mol. The molecule has 0 amide bonds. The summed E-state index contributed by atoms with van der Waals surface area (Å²) in [5.41, 5.74) is 2.07. The Morgan fingerprint density at radius 1 is 1.10 bits per heavy atom. The van der Waals surface area contributed by atoms with E-state index in [0.29, 0.717) is 5.02 Å². The maximum atomic E-state index is 9.53. The topological polar surface area (TPSA) is 27.0 Å². The number of hydrogen-bond donors (Lipinski definition) is 0. The van der Waals surface area contributed by atoms with Crippen LogP contribution in [0.1, 0.15) is 24.1 Å². The van der Waals surface area contributed by atoms with Crippen LogP contribution in [0.5, 0.6) is 0 Å². The van der Waals surface area contributed by atoms with Crippen LogP contribution < -0.4 is 0 Å². The first-order valence-electron chi connectivity index (χ1n) is 6.68. The van der Waals surface area contributed by atoms with E-state index in [4.69, 9.17) is 11.6 Å². The monoisotopic (exact) mass is 284 g/mol. The molecule has 2 aromatic carbocycles. The van der Waals surface area contributed by atoms with Crippen molar-refractivity contribution >= 4 is 11.6 Å². The lowest BCUT2D eigenvalue weighted by Crippen LogP contribution is -2.27. The molecule has 0 saturated heterocycles. The van der Waals surface area contributed by atoms with Gasteiger partial charge in [0.15, 0.2) is 0 Å². The molecular weight excluding hydrogens is 268 g/mol. The van der Waals surface area contributed by atoms with E-state index < -0.39 is 0 Å². The third-order valence-electron chi connectivity index (χ3n) is 3.32. The minimum atomic E-state index is -0.325. The molecule has 0 aliphatic carbocycles. The Kier molecular flexibility index (Phi) is 5.17. The number of rotatable bonds is 5. The van der Waals surface area contributed by atoms with E-state index in [-0.39, 0.29) is 6.04 Å². The summed E-state index contributed by atoms with van der Waals surface area (Å²) >= 11 is 6.22. The summed E-state index contributed by atoms with van der Waals surface area (Å²) in [6.07, 6.45) is 0. The second kappa shape index (κ2) is 7.09. The normalized spacial score (nSPS) is 12.1. The Labute approximate surface area is 125 Å². The zero-order valence-electron chi connectivity index (χ0n) is 11.5. The molecule has 0 radical (unpaired) electrons. The van der Waals surface area contributed by atoms with Gasteiger partial charge in [-0.3, -0.25) is 4.90 Å². The van der Waals surface area contributed by atoms with Gasteiger partial charge in [-0.1, -0.05) is 67.1 Å². The zero-order valence-corrected chi connectivity index (χ0v) is 12.2. The smallest absolute Gasteiger partial charge is 0.125 e. The molecule has 2 rings (SSSR count). The first kappa shape index (κ1) is 14.6. The van der Waals surface area contributed by atoms with Crippen molar-refractivity contribution in [2.24, 2.45) is 0 Å². The first-order chi connectivity index (χ1) is 9.76. The maximum absolute atomic E-state index is 9.53. The molecule has 0 saturated carbocycles. The van der Waals surface area contributed by atoms with E-state index in [1.54, 1.807) is 0 Å². The fourth-order valence-corrected chi connectivity index (χ4v) is 2.49. The molecule has 2 aromatic rings. The fraction of sp³-hybridized carbons (Fsp3) is 0.235. The van der Waals surface area contributed by atoms with Crippen molar-refractivity contribution in [1.82, 2.24) is 4.90 Å². The summed E-state index contributed by atoms with van der Waals surface area (Å²) in [7, 11) is 0. The van der Waals surface area contributed by atoms with Crippen molar-refractivity contribution in [2.75, 3.05) is 6.54 Å². The van der Waals surface area contributed by atoms with Gasteiger partial charge in [-0.25, -0.2) is 0 Å². The highest BCUT2D eigenvalue weighted by molar-refractivity contribution is 6.31. The Balaban J connectivity index is 2.25. The second-order valence-electron chi connectivity index (χ2n) is 4.60. The third-order valence-corrected chi connectivity index (χ3v) is 3.67. The van der Waals surface area contributed by atoms with Crippen LogP contribution in [0.4, 0.5) is 0 Å². The van der Waals surface area contributed by atoms with Crippen LogP contribution in [0.25, 0.3) is 0 Å². The van der Waals surface area contributed by atoms with Crippen LogP contribution in [0.3, 0.4) is 0 Å². The molecule has 0 aliphatic heterocycles. The highest BCUT2D eigenvalue weighted by Crippen LogP contribution is 2.28. The van der Waals surface area contributed by atoms with E-state index in [1.165, 1.54) is 5.56 Å². The molecule has 0 bridgehead atoms. The van der Waals surface area contributed by atoms with Gasteiger partial charge in [0.25, 0.3) is 0 Å². The summed E-state index contributed by atoms with van der Waals surface area (Å²) in [6, 6.07) is 19.8. The minimum absolute atomic E-state index is 0.325. The van der Waals surface area contributed by atoms with Gasteiger partial charge in [0, 0.05) is 17.1 Å². The van der Waals surface area contributed by atoms with Crippen molar-refractivity contribution < 1.29 is 0 Å². The number of benzene rings is 2. The molecular formula is C17H17ClN2. The maximum Gasteiger partial charge on any atom is 0.125 e. The molecule has 0 heterocycles. The van der Waals surface area contributed by atoms with Gasteiger partial charge in [0.1, 0.15) is 6.04 Å². The lowest BCUT2D eigenvalue weighted by Gasteiger charge is -2.26. The van der Waals surface area contributed by atoms with Crippen LogP contribution in [0.2, 0.25) is 5.02 Å². The van der Waals surface area contributed by atoms with E-state index in [9.17, 15) is 5.26 Å². The van der Waals surface area contributed by atoms with E-state index in [1.807, 2.05) is 42.5 Å². The van der Waals surface area contributed by atoms with Crippen molar-refractivity contribution in [2.45, 2.75) is 19.5 Å². The quantitative estimate of drug-likeness (QED) is 0.812. The van der Waals surface area contributed by atoms with Crippen molar-refractivity contribution in [1.29, 1.82) is 5.26 Å². The Morgan fingerprint density at radius 2 is 1.75 bits per heavy atom. The Bertz CT molecular complexity index is 589. The number of nitriles is 1. The van der Waals surface area contributed by atoms with Gasteiger partial charge in [0.2, 0.25) is 0 Å². The van der Waals surface area contributed by atoms with Crippen molar-refractivity contribution in [3.05, 3.63) is 70.7 Å². The van der Waals surface area contributed by atoms with E-state index in [0.717, 1.165) is 18.7 Å². The zero-order chi connectivity index (χ0) is 14.4. The summed E-state index contributed by atoms with van der Waals surface area (Å²) in [6.45, 7) is 3.59. The van der Waals surface area contributed by atoms with Gasteiger partial charge in [0.05, 0.1) is 6.07 Å². The third kappa shape index (κ3) is 3.39. The average Bonchev–Trinajstić information content (AvgIpc) is 2.49.